The molecular weight excluding hydrogens is 411 g/mol. The number of ether oxygens (including phenoxy) is 1. The summed E-state index contributed by atoms with van der Waals surface area (Å²) >= 11 is 2.76. The van der Waals surface area contributed by atoms with Gasteiger partial charge in [-0.2, -0.15) is 0 Å². The molecule has 1 aliphatic rings. The summed E-state index contributed by atoms with van der Waals surface area (Å²) in [7, 11) is 0. The van der Waals surface area contributed by atoms with Crippen LogP contribution in [0.2, 0.25) is 5.32 Å². The number of aliphatic hydroxyl groups is 2. The first-order valence-electron chi connectivity index (χ1n) is 7.93. The predicted molar refractivity (Wildman–Crippen MR) is 90.3 cm³/mol. The Labute approximate surface area is 156 Å². The Morgan fingerprint density at radius 3 is 2.85 bits per heavy atom. The van der Waals surface area contributed by atoms with Crippen LogP contribution in [0.15, 0.2) is 12.7 Å². The number of hydrogen-bond donors (Lipinski definition) is 5. The summed E-state index contributed by atoms with van der Waals surface area (Å²) < 4.78 is 7.21. The van der Waals surface area contributed by atoms with Crippen LogP contribution in [0.25, 0.3) is 11.2 Å². The molecule has 5 atom stereocenters. The van der Waals surface area contributed by atoms with Crippen LogP contribution in [0.5, 0.6) is 0 Å². The predicted octanol–water partition coefficient (Wildman–Crippen LogP) is -1.95. The normalized spacial score (nSPS) is 27.0. The molecule has 11 nitrogen and oxygen atoms in total. The Balaban J connectivity index is 1.75. The number of fused-ring (bicyclic) bond motifs is 1. The molecule has 1 aliphatic heterocycles. The number of aromatic nitrogens is 4. The zero-order valence-electron chi connectivity index (χ0n) is 13.6. The van der Waals surface area contributed by atoms with Gasteiger partial charge in [0.25, 0.3) is 0 Å². The molecule has 0 aliphatic carbocycles. The summed E-state index contributed by atoms with van der Waals surface area (Å²) in [6.45, 7) is 0.0649. The number of nitrogens with one attached hydrogen (secondary N) is 1. The molecule has 0 amide bonds. The molecule has 0 unspecified atom stereocenters. The summed E-state index contributed by atoms with van der Waals surface area (Å²) in [5, 5.41) is 33.2. The van der Waals surface area contributed by atoms with Crippen molar-refractivity contribution in [2.24, 2.45) is 0 Å². The van der Waals surface area contributed by atoms with Crippen LogP contribution in [-0.4, -0.2) is 87.7 Å². The van der Waals surface area contributed by atoms with Gasteiger partial charge in [-0.3, -0.25) is 0 Å². The van der Waals surface area contributed by atoms with Gasteiger partial charge in [-0.05, 0) is 0 Å². The minimum absolute atomic E-state index is 0.0649. The van der Waals surface area contributed by atoms with E-state index in [1.807, 2.05) is 0 Å². The second-order valence-electron chi connectivity index (χ2n) is 5.92. The molecule has 0 saturated carbocycles. The molecule has 0 bridgehead atoms. The molecule has 0 spiro atoms. The van der Waals surface area contributed by atoms with Crippen LogP contribution in [0, 0.1) is 0 Å². The van der Waals surface area contributed by atoms with Gasteiger partial charge < -0.3 is 5.73 Å². The molecule has 1 fully saturated rings. The Kier molecular flexibility index (Phi) is 5.70. The fourth-order valence-electron chi connectivity index (χ4n) is 2.87. The van der Waals surface area contributed by atoms with Crippen LogP contribution in [0.4, 0.5) is 5.82 Å². The van der Waals surface area contributed by atoms with Gasteiger partial charge in [0.05, 0.1) is 0 Å². The first kappa shape index (κ1) is 19.0. The van der Waals surface area contributed by atoms with Crippen molar-refractivity contribution in [1.82, 2.24) is 24.8 Å². The maximum atomic E-state index is 11.2. The number of rotatable bonds is 7. The van der Waals surface area contributed by atoms with E-state index in [1.54, 1.807) is 0 Å². The van der Waals surface area contributed by atoms with Gasteiger partial charge in [0.15, 0.2) is 0 Å². The number of aliphatic hydroxyl groups excluding tert-OH is 2. The van der Waals surface area contributed by atoms with Gasteiger partial charge in [0.1, 0.15) is 0 Å². The second-order valence-corrected chi connectivity index (χ2v) is 6.78. The van der Waals surface area contributed by atoms with Crippen molar-refractivity contribution in [1.29, 1.82) is 0 Å². The van der Waals surface area contributed by atoms with Crippen LogP contribution in [-0.2, 0) is 9.53 Å². The molecule has 2 aromatic heterocycles. The van der Waals surface area contributed by atoms with Crippen molar-refractivity contribution in [2.75, 3.05) is 12.3 Å². The average molecular weight is 430 g/mol. The van der Waals surface area contributed by atoms with Crippen LogP contribution < -0.4 is 11.1 Å². The van der Waals surface area contributed by atoms with E-state index in [1.165, 1.54) is 17.2 Å². The number of carboxylic acid groups (broad SMARTS) is 1. The van der Waals surface area contributed by atoms with Gasteiger partial charge in [-0.1, -0.05) is 0 Å². The number of hydrogen-bond acceptors (Lipinski definition) is 9. The Hall–Kier alpha value is -1.82. The Bertz CT molecular complexity index is 788. The third kappa shape index (κ3) is 3.52. The molecule has 0 aromatic carbocycles. The molecule has 1 radical (unpaired) electrons. The SMILES string of the molecule is Nc1ncnc2c1ncn2[C@@H]1O[C@H](CN[C@@H](CC[Se])C(=O)O)[C@@H](O)[C@H]1O. The van der Waals surface area contributed by atoms with Crippen LogP contribution in [0.1, 0.15) is 12.6 Å². The number of nitrogens with zero attached hydrogens (tertiary/aromatic N) is 4. The summed E-state index contributed by atoms with van der Waals surface area (Å²) in [6, 6.07) is -0.773. The first-order chi connectivity index (χ1) is 12.4. The Morgan fingerprint density at radius 1 is 1.38 bits per heavy atom. The molecule has 3 rings (SSSR count). The van der Waals surface area contributed by atoms with E-state index in [0.717, 1.165) is 0 Å². The molecular formula is C14H19N6O5Se. The monoisotopic (exact) mass is 431 g/mol. The van der Waals surface area contributed by atoms with E-state index in [0.29, 0.717) is 22.9 Å². The summed E-state index contributed by atoms with van der Waals surface area (Å²) in [6.07, 6.45) is -1.10. The molecule has 6 N–H and O–H groups in total. The number of carboxylic acids is 1. The van der Waals surface area contributed by atoms with Crippen LogP contribution >= 0.6 is 0 Å². The van der Waals surface area contributed by atoms with Crippen molar-refractivity contribution < 1.29 is 24.9 Å². The van der Waals surface area contributed by atoms with Crippen molar-refractivity contribution in [3.63, 3.8) is 0 Å². The van der Waals surface area contributed by atoms with Gasteiger partial charge in [0, 0.05) is 0 Å². The minimum atomic E-state index is -1.24. The quantitative estimate of drug-likeness (QED) is 0.311. The van der Waals surface area contributed by atoms with E-state index in [4.69, 9.17) is 10.5 Å². The molecule has 141 valence electrons. The standard InChI is InChI=1S/C14H19N6O5Se/c15-11-8-12(18-4-17-11)20(5-19-8)13-10(22)9(21)7(25-13)3-16-6(1-2-26)14(23)24/h4-7,9-10,13,16,21-22H,1-3H2,(H,23,24)(H2,15,17,18)/t6-,7+,9+,10+,13+/m0/s1. The van der Waals surface area contributed by atoms with Gasteiger partial charge in [-0.15, -0.1) is 0 Å². The first-order valence-corrected chi connectivity index (χ1v) is 9.14. The number of aliphatic carboxylic acids is 1. The van der Waals surface area contributed by atoms with Crippen molar-refractivity contribution >= 4 is 39.0 Å². The topological polar surface area (TPSA) is 169 Å². The molecule has 26 heavy (non-hydrogen) atoms. The van der Waals surface area contributed by atoms with E-state index in [-0.39, 0.29) is 12.4 Å². The number of anilines is 1. The third-order valence-corrected chi connectivity index (χ3v) is 4.76. The van der Waals surface area contributed by atoms with E-state index < -0.39 is 36.6 Å². The zero-order valence-corrected chi connectivity index (χ0v) is 15.3. The summed E-state index contributed by atoms with van der Waals surface area (Å²) in [5.74, 6) is -0.793. The molecule has 12 heteroatoms. The van der Waals surface area contributed by atoms with E-state index in [9.17, 15) is 20.1 Å². The van der Waals surface area contributed by atoms with Crippen molar-refractivity contribution in [2.45, 2.75) is 42.3 Å². The maximum absolute atomic E-state index is 11.2. The van der Waals surface area contributed by atoms with Gasteiger partial charge in [-0.25, -0.2) is 4.98 Å². The number of nitrogen functional groups attached to an aromatic ring is 1. The Morgan fingerprint density at radius 2 is 2.15 bits per heavy atom. The van der Waals surface area contributed by atoms with E-state index >= 15 is 0 Å². The van der Waals surface area contributed by atoms with Crippen LogP contribution in [0.3, 0.4) is 0 Å². The molecule has 1 saturated heterocycles. The van der Waals surface area contributed by atoms with E-state index in [2.05, 4.69) is 36.3 Å². The zero-order chi connectivity index (χ0) is 18.8. The summed E-state index contributed by atoms with van der Waals surface area (Å²) in [4.78, 5) is 23.3. The number of nitrogens with two attached hydrogens (primary N) is 1. The van der Waals surface area contributed by atoms with Crippen molar-refractivity contribution in [3.05, 3.63) is 12.7 Å². The van der Waals surface area contributed by atoms with Gasteiger partial charge in [0.2, 0.25) is 0 Å². The third-order valence-electron chi connectivity index (χ3n) is 4.27. The average Bonchev–Trinajstić information content (AvgIpc) is 3.15. The fourth-order valence-corrected chi connectivity index (χ4v) is 3.37. The second kappa shape index (κ2) is 7.82. The number of imidazole rings is 1. The van der Waals surface area contributed by atoms with Crippen molar-refractivity contribution in [3.8, 4) is 0 Å². The summed E-state index contributed by atoms with van der Waals surface area (Å²) in [5.41, 5.74) is 6.48. The fraction of sp³-hybridized carbons (Fsp3) is 0.571. The van der Waals surface area contributed by atoms with Gasteiger partial charge >= 0.3 is 145 Å². The number of carbonyl (C=O) groups is 1. The molecule has 3 heterocycles. The molecule has 2 aromatic rings.